The molecule has 0 spiro atoms. The van der Waals surface area contributed by atoms with Gasteiger partial charge in [-0.3, -0.25) is 4.99 Å². The Morgan fingerprint density at radius 1 is 1.35 bits per heavy atom. The van der Waals surface area contributed by atoms with Gasteiger partial charge in [0.2, 0.25) is 0 Å². The molecule has 0 saturated heterocycles. The highest BCUT2D eigenvalue weighted by Gasteiger charge is 2.16. The number of rotatable bonds is 5. The average molecular weight is 387 g/mol. The zero-order chi connectivity index (χ0) is 13.7. The van der Waals surface area contributed by atoms with Crippen LogP contribution in [0.2, 0.25) is 0 Å². The molecule has 1 aromatic carbocycles. The lowest BCUT2D eigenvalue weighted by molar-refractivity contribution is 0.315. The molecule has 0 aromatic heterocycles. The average Bonchev–Trinajstić information content (AvgIpc) is 2.35. The van der Waals surface area contributed by atoms with Gasteiger partial charge in [-0.2, -0.15) is 0 Å². The van der Waals surface area contributed by atoms with Crippen molar-refractivity contribution >= 4 is 29.9 Å². The van der Waals surface area contributed by atoms with Crippen LogP contribution in [0.25, 0.3) is 0 Å². The minimum atomic E-state index is 0. The van der Waals surface area contributed by atoms with Crippen molar-refractivity contribution < 1.29 is 0 Å². The molecule has 0 amide bonds. The molecule has 1 fully saturated rings. The topological polar surface area (TPSA) is 50.4 Å². The van der Waals surface area contributed by atoms with Crippen LogP contribution in [-0.2, 0) is 0 Å². The number of hydrogen-bond donors (Lipinski definition) is 2. The van der Waals surface area contributed by atoms with Crippen molar-refractivity contribution in [1.82, 2.24) is 5.32 Å². The fourth-order valence-corrected chi connectivity index (χ4v) is 2.24. The largest absolute Gasteiger partial charge is 0.370 e. The number of hydrogen-bond acceptors (Lipinski definition) is 1. The molecular formula is C16H26IN3. The van der Waals surface area contributed by atoms with E-state index in [4.69, 9.17) is 5.73 Å². The lowest BCUT2D eigenvalue weighted by atomic mass is 9.85. The Hall–Kier alpha value is -0.780. The van der Waals surface area contributed by atoms with Gasteiger partial charge in [0.15, 0.2) is 5.96 Å². The summed E-state index contributed by atoms with van der Waals surface area (Å²) < 4.78 is 0. The van der Waals surface area contributed by atoms with Gasteiger partial charge in [0.1, 0.15) is 0 Å². The first-order valence-electron chi connectivity index (χ1n) is 7.25. The van der Waals surface area contributed by atoms with Gasteiger partial charge in [0.25, 0.3) is 0 Å². The Morgan fingerprint density at radius 2 is 2.00 bits per heavy atom. The molecule has 1 aromatic rings. The van der Waals surface area contributed by atoms with E-state index in [0.717, 1.165) is 19.0 Å². The van der Waals surface area contributed by atoms with E-state index in [2.05, 4.69) is 48.4 Å². The van der Waals surface area contributed by atoms with E-state index in [1.54, 1.807) is 0 Å². The van der Waals surface area contributed by atoms with Crippen LogP contribution < -0.4 is 11.1 Å². The number of aliphatic imine (C=N–C) groups is 1. The molecule has 3 nitrogen and oxygen atoms in total. The molecule has 0 aliphatic heterocycles. The van der Waals surface area contributed by atoms with Crippen LogP contribution in [-0.4, -0.2) is 19.0 Å². The molecule has 1 unspecified atom stereocenters. The first-order valence-corrected chi connectivity index (χ1v) is 7.25. The molecule has 4 heteroatoms. The van der Waals surface area contributed by atoms with Crippen molar-refractivity contribution in [2.24, 2.45) is 16.6 Å². The highest BCUT2D eigenvalue weighted by molar-refractivity contribution is 14.0. The van der Waals surface area contributed by atoms with E-state index >= 15 is 0 Å². The highest BCUT2D eigenvalue weighted by atomic mass is 127. The standard InChI is InChI=1S/C16H25N3.HI/c1-12-6-8-15(9-7-12)13(2)10-18-16(17)19-11-14-4-3-5-14;/h6-9,13-14H,3-5,10-11H2,1-2H3,(H3,17,18,19);1H. The fourth-order valence-electron chi connectivity index (χ4n) is 2.24. The lowest BCUT2D eigenvalue weighted by Gasteiger charge is -2.25. The summed E-state index contributed by atoms with van der Waals surface area (Å²) in [5, 5.41) is 3.23. The van der Waals surface area contributed by atoms with E-state index in [-0.39, 0.29) is 24.0 Å². The molecule has 1 atom stereocenters. The van der Waals surface area contributed by atoms with Gasteiger partial charge in [-0.15, -0.1) is 24.0 Å². The van der Waals surface area contributed by atoms with E-state index < -0.39 is 0 Å². The van der Waals surface area contributed by atoms with Crippen LogP contribution in [0.4, 0.5) is 0 Å². The summed E-state index contributed by atoms with van der Waals surface area (Å²) in [5.41, 5.74) is 8.50. The second-order valence-electron chi connectivity index (χ2n) is 5.72. The second-order valence-corrected chi connectivity index (χ2v) is 5.72. The second kappa shape index (κ2) is 8.49. The fraction of sp³-hybridized carbons (Fsp3) is 0.562. The summed E-state index contributed by atoms with van der Waals surface area (Å²) in [6.07, 6.45) is 4.04. The number of nitrogens with zero attached hydrogens (tertiary/aromatic N) is 1. The van der Waals surface area contributed by atoms with E-state index in [9.17, 15) is 0 Å². The van der Waals surface area contributed by atoms with Crippen molar-refractivity contribution in [2.75, 3.05) is 13.1 Å². The number of nitrogens with one attached hydrogen (secondary N) is 1. The molecule has 3 N–H and O–H groups in total. The van der Waals surface area contributed by atoms with Crippen molar-refractivity contribution in [1.29, 1.82) is 0 Å². The van der Waals surface area contributed by atoms with E-state index in [1.807, 2.05) is 0 Å². The van der Waals surface area contributed by atoms with Crippen LogP contribution >= 0.6 is 24.0 Å². The SMILES string of the molecule is Cc1ccc(C(C)CN=C(N)NCC2CCC2)cc1.I. The highest BCUT2D eigenvalue weighted by Crippen LogP contribution is 2.25. The smallest absolute Gasteiger partial charge is 0.188 e. The maximum Gasteiger partial charge on any atom is 0.188 e. The van der Waals surface area contributed by atoms with Crippen LogP contribution in [0.15, 0.2) is 29.3 Å². The minimum Gasteiger partial charge on any atom is -0.370 e. The summed E-state index contributed by atoms with van der Waals surface area (Å²) in [6.45, 7) is 6.02. The van der Waals surface area contributed by atoms with Crippen molar-refractivity contribution in [2.45, 2.75) is 39.0 Å². The summed E-state index contributed by atoms with van der Waals surface area (Å²) in [5.74, 6) is 1.80. The lowest BCUT2D eigenvalue weighted by Crippen LogP contribution is -2.37. The maximum atomic E-state index is 5.89. The number of halogens is 1. The zero-order valence-electron chi connectivity index (χ0n) is 12.4. The Bertz CT molecular complexity index is 424. The zero-order valence-corrected chi connectivity index (χ0v) is 14.8. The molecule has 1 aliphatic carbocycles. The Morgan fingerprint density at radius 3 is 2.55 bits per heavy atom. The Kier molecular flexibility index (Phi) is 7.34. The van der Waals surface area contributed by atoms with Gasteiger partial charge >= 0.3 is 0 Å². The molecule has 1 saturated carbocycles. The molecular weight excluding hydrogens is 361 g/mol. The normalized spacial score (nSPS) is 17.0. The Labute approximate surface area is 139 Å². The van der Waals surface area contributed by atoms with Crippen LogP contribution in [0, 0.1) is 12.8 Å². The number of benzene rings is 1. The molecule has 112 valence electrons. The monoisotopic (exact) mass is 387 g/mol. The Balaban J connectivity index is 0.00000200. The van der Waals surface area contributed by atoms with Crippen LogP contribution in [0.5, 0.6) is 0 Å². The van der Waals surface area contributed by atoms with Gasteiger partial charge < -0.3 is 11.1 Å². The molecule has 2 rings (SSSR count). The number of nitrogens with two attached hydrogens (primary N) is 1. The quantitative estimate of drug-likeness (QED) is 0.462. The molecule has 0 heterocycles. The van der Waals surface area contributed by atoms with Crippen molar-refractivity contribution in [3.63, 3.8) is 0 Å². The molecule has 0 radical (unpaired) electrons. The van der Waals surface area contributed by atoms with E-state index in [1.165, 1.54) is 30.4 Å². The molecule has 0 bridgehead atoms. The third-order valence-electron chi connectivity index (χ3n) is 3.98. The van der Waals surface area contributed by atoms with Gasteiger partial charge in [-0.25, -0.2) is 0 Å². The maximum absolute atomic E-state index is 5.89. The minimum absolute atomic E-state index is 0. The number of guanidine groups is 1. The first-order chi connectivity index (χ1) is 9.15. The van der Waals surface area contributed by atoms with Crippen LogP contribution in [0.3, 0.4) is 0 Å². The first kappa shape index (κ1) is 17.3. The van der Waals surface area contributed by atoms with Crippen LogP contribution in [0.1, 0.15) is 43.2 Å². The third-order valence-corrected chi connectivity index (χ3v) is 3.98. The molecule has 20 heavy (non-hydrogen) atoms. The van der Waals surface area contributed by atoms with E-state index in [0.29, 0.717) is 11.9 Å². The number of aryl methyl sites for hydroxylation is 1. The summed E-state index contributed by atoms with van der Waals surface area (Å²) in [6, 6.07) is 8.64. The summed E-state index contributed by atoms with van der Waals surface area (Å²) in [4.78, 5) is 4.44. The summed E-state index contributed by atoms with van der Waals surface area (Å²) >= 11 is 0. The predicted octanol–water partition coefficient (Wildman–Crippen LogP) is 3.42. The molecule has 1 aliphatic rings. The van der Waals surface area contributed by atoms with Crippen molar-refractivity contribution in [3.8, 4) is 0 Å². The van der Waals surface area contributed by atoms with Crippen molar-refractivity contribution in [3.05, 3.63) is 35.4 Å². The third kappa shape index (κ3) is 5.31. The van der Waals surface area contributed by atoms with Gasteiger partial charge in [0.05, 0.1) is 0 Å². The van der Waals surface area contributed by atoms with Gasteiger partial charge in [-0.1, -0.05) is 43.2 Å². The van der Waals surface area contributed by atoms with Gasteiger partial charge in [0, 0.05) is 19.0 Å². The van der Waals surface area contributed by atoms with Gasteiger partial charge in [-0.05, 0) is 31.2 Å². The summed E-state index contributed by atoms with van der Waals surface area (Å²) in [7, 11) is 0. The predicted molar refractivity (Wildman–Crippen MR) is 96.8 cm³/mol.